The Morgan fingerprint density at radius 2 is 2.10 bits per heavy atom. The molecule has 4 unspecified atom stereocenters. The van der Waals surface area contributed by atoms with Gasteiger partial charge in [0.15, 0.2) is 11.3 Å². The number of rotatable bonds is 6. The van der Waals surface area contributed by atoms with Crippen LogP contribution in [0.15, 0.2) is 24.3 Å². The van der Waals surface area contributed by atoms with Crippen LogP contribution < -0.4 is 0 Å². The molecule has 0 heterocycles. The summed E-state index contributed by atoms with van der Waals surface area (Å²) in [4.78, 5) is 10.8. The number of allylic oxidation sites excluding steroid dienone is 2. The van der Waals surface area contributed by atoms with Crippen molar-refractivity contribution in [3.8, 4) is 0 Å². The molecule has 1 aliphatic rings. The van der Waals surface area contributed by atoms with Gasteiger partial charge in [-0.2, -0.15) is 13.2 Å². The Bertz CT molecular complexity index is 436. The molecule has 0 radical (unpaired) electrons. The predicted octanol–water partition coefficient (Wildman–Crippen LogP) is 3.22. The lowest BCUT2D eigenvalue weighted by Crippen LogP contribution is -2.50. The molecule has 1 rings (SSSR count). The number of methoxy groups -OCH3 is 1. The quantitative estimate of drug-likeness (QED) is 0.602. The van der Waals surface area contributed by atoms with Crippen LogP contribution in [-0.2, 0) is 9.53 Å². The van der Waals surface area contributed by atoms with E-state index in [1.807, 2.05) is 0 Å². The molecule has 0 aromatic heterocycles. The highest BCUT2D eigenvalue weighted by Crippen LogP contribution is 2.43. The van der Waals surface area contributed by atoms with E-state index in [4.69, 9.17) is 16.3 Å². The summed E-state index contributed by atoms with van der Waals surface area (Å²) in [6.07, 6.45) is 0.501. The Kier molecular flexibility index (Phi) is 5.63. The van der Waals surface area contributed by atoms with E-state index in [2.05, 4.69) is 0 Å². The van der Waals surface area contributed by atoms with Gasteiger partial charge < -0.3 is 9.84 Å². The average molecular weight is 327 g/mol. The van der Waals surface area contributed by atoms with E-state index in [0.717, 1.165) is 0 Å². The summed E-state index contributed by atoms with van der Waals surface area (Å²) < 4.78 is 43.8. The van der Waals surface area contributed by atoms with E-state index in [1.54, 1.807) is 25.2 Å². The Labute approximate surface area is 126 Å². The monoisotopic (exact) mass is 326 g/mol. The summed E-state index contributed by atoms with van der Waals surface area (Å²) in [5.41, 5.74) is -3.38. The van der Waals surface area contributed by atoms with Gasteiger partial charge in [-0.3, -0.25) is 4.79 Å². The van der Waals surface area contributed by atoms with Gasteiger partial charge in [-0.1, -0.05) is 43.2 Å². The lowest BCUT2D eigenvalue weighted by atomic mass is 9.76. The van der Waals surface area contributed by atoms with Gasteiger partial charge in [0.1, 0.15) is 0 Å². The summed E-state index contributed by atoms with van der Waals surface area (Å²) in [5.74, 6) is -1.27. The summed E-state index contributed by atoms with van der Waals surface area (Å²) in [6, 6.07) is 0. The zero-order valence-electron chi connectivity index (χ0n) is 11.7. The van der Waals surface area contributed by atoms with Gasteiger partial charge in [-0.25, -0.2) is 0 Å². The van der Waals surface area contributed by atoms with Crippen LogP contribution in [0.2, 0.25) is 0 Å². The lowest BCUT2D eigenvalue weighted by Gasteiger charge is -2.39. The first-order valence-electron chi connectivity index (χ1n) is 6.49. The molecule has 0 spiro atoms. The Balaban J connectivity index is 3.06. The van der Waals surface area contributed by atoms with Crippen molar-refractivity contribution in [3.63, 3.8) is 0 Å². The molecular weight excluding hydrogens is 309 g/mol. The first kappa shape index (κ1) is 18.2. The fourth-order valence-electron chi connectivity index (χ4n) is 2.45. The van der Waals surface area contributed by atoms with E-state index in [-0.39, 0.29) is 0 Å². The van der Waals surface area contributed by atoms with Crippen molar-refractivity contribution in [1.82, 2.24) is 0 Å². The number of ether oxygens (including phenoxy) is 1. The van der Waals surface area contributed by atoms with E-state index in [9.17, 15) is 23.1 Å². The average Bonchev–Trinajstić information content (AvgIpc) is 2.44. The van der Waals surface area contributed by atoms with E-state index in [0.29, 0.717) is 6.42 Å². The Morgan fingerprint density at radius 1 is 1.48 bits per heavy atom. The number of aliphatic hydroxyl groups is 1. The number of hydrogen-bond donors (Lipinski definition) is 1. The zero-order valence-corrected chi connectivity index (χ0v) is 12.5. The van der Waals surface area contributed by atoms with Crippen molar-refractivity contribution in [1.29, 1.82) is 0 Å². The summed E-state index contributed by atoms with van der Waals surface area (Å²) >= 11 is 6.27. The fourth-order valence-corrected chi connectivity index (χ4v) is 2.77. The molecule has 21 heavy (non-hydrogen) atoms. The number of hydrogen-bond acceptors (Lipinski definition) is 3. The molecule has 7 heteroatoms. The first-order valence-corrected chi connectivity index (χ1v) is 6.87. The minimum Gasteiger partial charge on any atom is -0.374 e. The van der Waals surface area contributed by atoms with E-state index in [1.165, 1.54) is 13.2 Å². The van der Waals surface area contributed by atoms with E-state index >= 15 is 0 Å². The third-order valence-electron chi connectivity index (χ3n) is 3.81. The van der Waals surface area contributed by atoms with Gasteiger partial charge >= 0.3 is 6.18 Å². The number of carbonyl (C=O) groups excluding carboxylic acids is 1. The zero-order chi connectivity index (χ0) is 16.3. The SMILES string of the molecule is CCC(CC(O)(C=O)C(F)(F)F)C1C=CC=CC1(Cl)OC. The second-order valence-electron chi connectivity index (χ2n) is 5.08. The molecule has 0 bridgehead atoms. The maximum absolute atomic E-state index is 12.9. The van der Waals surface area contributed by atoms with Crippen LogP contribution in [0, 0.1) is 11.8 Å². The minimum absolute atomic E-state index is 0.299. The third kappa shape index (κ3) is 3.67. The topological polar surface area (TPSA) is 46.5 Å². The maximum atomic E-state index is 12.9. The van der Waals surface area contributed by atoms with Crippen LogP contribution in [0.1, 0.15) is 19.8 Å². The van der Waals surface area contributed by atoms with Gasteiger partial charge in [-0.15, -0.1) is 0 Å². The van der Waals surface area contributed by atoms with Crippen LogP contribution in [0.25, 0.3) is 0 Å². The van der Waals surface area contributed by atoms with Gasteiger partial charge in [0.2, 0.25) is 5.60 Å². The highest BCUT2D eigenvalue weighted by atomic mass is 35.5. The second-order valence-corrected chi connectivity index (χ2v) is 5.67. The van der Waals surface area contributed by atoms with Crippen molar-refractivity contribution in [2.75, 3.05) is 7.11 Å². The molecule has 1 aliphatic carbocycles. The Morgan fingerprint density at radius 3 is 2.52 bits per heavy atom. The van der Waals surface area contributed by atoms with Gasteiger partial charge in [0.05, 0.1) is 0 Å². The van der Waals surface area contributed by atoms with Gasteiger partial charge in [0.25, 0.3) is 0 Å². The lowest BCUT2D eigenvalue weighted by molar-refractivity contribution is -0.251. The van der Waals surface area contributed by atoms with Crippen LogP contribution in [-0.4, -0.2) is 35.3 Å². The standard InChI is InChI=1S/C14H18ClF3O3/c1-3-10(8-12(20,9-19)14(16,17)18)11-6-4-5-7-13(11,15)21-2/h4-7,9-11,20H,3,8H2,1-2H3. The molecule has 0 saturated heterocycles. The number of alkyl halides is 4. The van der Waals surface area contributed by atoms with E-state index < -0.39 is 41.4 Å². The molecule has 0 aromatic carbocycles. The van der Waals surface area contributed by atoms with Gasteiger partial charge in [-0.05, 0) is 18.4 Å². The smallest absolute Gasteiger partial charge is 0.374 e. The van der Waals surface area contributed by atoms with Crippen molar-refractivity contribution in [2.24, 2.45) is 11.8 Å². The Hall–Kier alpha value is -0.850. The normalized spacial score (nSPS) is 30.0. The van der Waals surface area contributed by atoms with Crippen LogP contribution in [0.5, 0.6) is 0 Å². The summed E-state index contributed by atoms with van der Waals surface area (Å²) in [7, 11) is 1.35. The minimum atomic E-state index is -5.03. The second kappa shape index (κ2) is 6.50. The number of halogens is 4. The first-order chi connectivity index (χ1) is 9.63. The molecule has 0 aromatic rings. The highest BCUT2D eigenvalue weighted by Gasteiger charge is 2.56. The molecule has 4 atom stereocenters. The number of aldehydes is 1. The summed E-state index contributed by atoms with van der Waals surface area (Å²) in [5, 5.41) is 8.33. The van der Waals surface area contributed by atoms with Crippen LogP contribution in [0.3, 0.4) is 0 Å². The molecule has 3 nitrogen and oxygen atoms in total. The molecule has 120 valence electrons. The van der Waals surface area contributed by atoms with Crippen molar-refractivity contribution >= 4 is 17.9 Å². The van der Waals surface area contributed by atoms with Crippen molar-refractivity contribution < 1.29 is 27.8 Å². The molecule has 0 amide bonds. The molecule has 0 fully saturated rings. The number of carbonyl (C=O) groups is 1. The molecule has 1 N–H and O–H groups in total. The van der Waals surface area contributed by atoms with Crippen LogP contribution in [0.4, 0.5) is 13.2 Å². The predicted molar refractivity (Wildman–Crippen MR) is 72.8 cm³/mol. The highest BCUT2D eigenvalue weighted by molar-refractivity contribution is 6.24. The molecule has 0 aliphatic heterocycles. The van der Waals surface area contributed by atoms with Crippen LogP contribution >= 0.6 is 11.6 Å². The third-order valence-corrected chi connectivity index (χ3v) is 4.34. The molecular formula is C14H18ClF3O3. The maximum Gasteiger partial charge on any atom is 0.424 e. The fraction of sp³-hybridized carbons (Fsp3) is 0.643. The van der Waals surface area contributed by atoms with Gasteiger partial charge in [0, 0.05) is 13.0 Å². The molecule has 0 saturated carbocycles. The summed E-state index contributed by atoms with van der Waals surface area (Å²) in [6.45, 7) is 1.67. The van der Waals surface area contributed by atoms with Crippen molar-refractivity contribution in [3.05, 3.63) is 24.3 Å². The largest absolute Gasteiger partial charge is 0.424 e. The van der Waals surface area contributed by atoms with Crippen molar-refractivity contribution in [2.45, 2.75) is 36.6 Å².